The highest BCUT2D eigenvalue weighted by Gasteiger charge is 2.24. The highest BCUT2D eigenvalue weighted by Crippen LogP contribution is 2.40. The van der Waals surface area contributed by atoms with Crippen LogP contribution >= 0.6 is 0 Å². The smallest absolute Gasteiger partial charge is 0.148 e. The largest absolute Gasteiger partial charge is 0.358 e. The van der Waals surface area contributed by atoms with Gasteiger partial charge in [-0.3, -0.25) is 0 Å². The number of hydrogen-bond donors (Lipinski definition) is 1. The molecule has 1 aliphatic rings. The van der Waals surface area contributed by atoms with Crippen LogP contribution in [-0.2, 0) is 0 Å². The van der Waals surface area contributed by atoms with Gasteiger partial charge in [-0.1, -0.05) is 18.2 Å². The molecule has 0 aliphatic carbocycles. The molecule has 3 rings (SSSR count). The van der Waals surface area contributed by atoms with Gasteiger partial charge in [0.2, 0.25) is 0 Å². The van der Waals surface area contributed by atoms with Gasteiger partial charge in [0, 0.05) is 0 Å². The van der Waals surface area contributed by atoms with E-state index in [0.29, 0.717) is 17.1 Å². The fourth-order valence-corrected chi connectivity index (χ4v) is 1.90. The minimum absolute atomic E-state index is 0.345. The zero-order valence-electron chi connectivity index (χ0n) is 8.82. The molecule has 0 saturated carbocycles. The zero-order valence-corrected chi connectivity index (χ0v) is 8.82. The van der Waals surface area contributed by atoms with E-state index in [0.717, 1.165) is 0 Å². The molecule has 1 N–H and O–H groups in total. The summed E-state index contributed by atoms with van der Waals surface area (Å²) in [4.78, 5) is 1.59. The summed E-state index contributed by atoms with van der Waals surface area (Å²) in [6, 6.07) is 11.1. The fourth-order valence-electron chi connectivity index (χ4n) is 1.90. The molecule has 17 heavy (non-hydrogen) atoms. The summed E-state index contributed by atoms with van der Waals surface area (Å²) in [5, 5.41) is 2.80. The van der Waals surface area contributed by atoms with Crippen molar-refractivity contribution in [1.29, 1.82) is 0 Å². The topological polar surface area (TPSA) is 15.3 Å². The number of nitrogens with zero attached hydrogens (tertiary/aromatic N) is 1. The van der Waals surface area contributed by atoms with Gasteiger partial charge in [0.25, 0.3) is 0 Å². The first-order chi connectivity index (χ1) is 8.27. The first-order valence-corrected chi connectivity index (χ1v) is 5.19. The van der Waals surface area contributed by atoms with Crippen LogP contribution < -0.4 is 10.2 Å². The van der Waals surface area contributed by atoms with E-state index < -0.39 is 0 Å². The Morgan fingerprint density at radius 3 is 2.35 bits per heavy atom. The maximum atomic E-state index is 13.7. The molecule has 1 radical (unpaired) electrons. The Balaban J connectivity index is 2.11. The van der Waals surface area contributed by atoms with Crippen molar-refractivity contribution < 1.29 is 8.78 Å². The third-order valence-corrected chi connectivity index (χ3v) is 2.70. The summed E-state index contributed by atoms with van der Waals surface area (Å²) in [5.41, 5.74) is 1.37. The highest BCUT2D eigenvalue weighted by atomic mass is 19.1. The molecule has 0 saturated heterocycles. The lowest BCUT2D eigenvalue weighted by Crippen LogP contribution is -2.11. The van der Waals surface area contributed by atoms with Crippen molar-refractivity contribution in [1.82, 2.24) is 0 Å². The van der Waals surface area contributed by atoms with Crippen LogP contribution in [0.4, 0.5) is 25.8 Å². The molecule has 0 bridgehead atoms. The van der Waals surface area contributed by atoms with E-state index in [9.17, 15) is 8.78 Å². The zero-order chi connectivity index (χ0) is 11.8. The Kier molecular flexibility index (Phi) is 2.21. The SMILES string of the molecule is Fc1ccccc1N1[CH]Nc2c(F)cccc21. The average Bonchev–Trinajstić information content (AvgIpc) is 2.75. The average molecular weight is 231 g/mol. The normalized spacial score (nSPS) is 13.4. The Bertz CT molecular complexity index is 569. The molecular weight excluding hydrogens is 222 g/mol. The third kappa shape index (κ3) is 1.53. The molecule has 2 nitrogen and oxygen atoms in total. The summed E-state index contributed by atoms with van der Waals surface area (Å²) < 4.78 is 27.1. The molecule has 1 aliphatic heterocycles. The fraction of sp³-hybridized carbons (Fsp3) is 0. The van der Waals surface area contributed by atoms with Crippen LogP contribution in [0, 0.1) is 18.3 Å². The van der Waals surface area contributed by atoms with Gasteiger partial charge in [0.15, 0.2) is 0 Å². The van der Waals surface area contributed by atoms with Crippen molar-refractivity contribution >= 4 is 17.1 Å². The Morgan fingerprint density at radius 2 is 1.53 bits per heavy atom. The van der Waals surface area contributed by atoms with E-state index >= 15 is 0 Å². The summed E-state index contributed by atoms with van der Waals surface area (Å²) in [6.07, 6.45) is 0. The van der Waals surface area contributed by atoms with Crippen molar-refractivity contribution in [2.45, 2.75) is 0 Å². The van der Waals surface area contributed by atoms with E-state index in [2.05, 4.69) is 5.32 Å². The van der Waals surface area contributed by atoms with Crippen LogP contribution in [0.5, 0.6) is 0 Å². The van der Waals surface area contributed by atoms with Crippen LogP contribution in [0.25, 0.3) is 0 Å². The van der Waals surface area contributed by atoms with Gasteiger partial charge in [0.05, 0.1) is 17.1 Å². The van der Waals surface area contributed by atoms with Crippen LogP contribution in [-0.4, -0.2) is 0 Å². The Morgan fingerprint density at radius 1 is 0.824 bits per heavy atom. The number of halogens is 2. The van der Waals surface area contributed by atoms with Gasteiger partial charge in [0.1, 0.15) is 18.3 Å². The first-order valence-electron chi connectivity index (χ1n) is 5.19. The molecule has 2 aromatic carbocycles. The van der Waals surface area contributed by atoms with E-state index in [1.165, 1.54) is 12.1 Å². The minimum Gasteiger partial charge on any atom is -0.358 e. The molecule has 0 atom stereocenters. The van der Waals surface area contributed by atoms with E-state index in [1.807, 2.05) is 0 Å². The lowest BCUT2D eigenvalue weighted by Gasteiger charge is -2.17. The first kappa shape index (κ1) is 10.1. The second-order valence-corrected chi connectivity index (χ2v) is 3.73. The van der Waals surface area contributed by atoms with Crippen molar-refractivity contribution in [2.24, 2.45) is 0 Å². The van der Waals surface area contributed by atoms with Crippen LogP contribution in [0.2, 0.25) is 0 Å². The molecule has 4 heteroatoms. The molecule has 0 amide bonds. The predicted octanol–water partition coefficient (Wildman–Crippen LogP) is 3.65. The standard InChI is InChI=1S/C13H9F2N2/c14-9-4-1-2-6-11(9)17-8-16-13-10(15)5-3-7-12(13)17/h1-8,16H. The summed E-state index contributed by atoms with van der Waals surface area (Å²) in [6.45, 7) is 1.55. The van der Waals surface area contributed by atoms with Gasteiger partial charge in [-0.25, -0.2) is 8.78 Å². The molecule has 85 valence electrons. The molecule has 1 heterocycles. The number of hydrogen-bond acceptors (Lipinski definition) is 2. The number of rotatable bonds is 1. The van der Waals surface area contributed by atoms with Crippen LogP contribution in [0.15, 0.2) is 42.5 Å². The van der Waals surface area contributed by atoms with Crippen LogP contribution in [0.1, 0.15) is 0 Å². The molecule has 0 spiro atoms. The van der Waals surface area contributed by atoms with Crippen molar-refractivity contribution in [3.8, 4) is 0 Å². The molecular formula is C13H9F2N2. The maximum absolute atomic E-state index is 13.7. The number of benzene rings is 2. The third-order valence-electron chi connectivity index (χ3n) is 2.70. The summed E-state index contributed by atoms with van der Waals surface area (Å²) in [5.74, 6) is -0.694. The summed E-state index contributed by atoms with van der Waals surface area (Å²) >= 11 is 0. The van der Waals surface area contributed by atoms with E-state index in [-0.39, 0.29) is 11.6 Å². The number of fused-ring (bicyclic) bond motifs is 1. The number of anilines is 3. The predicted molar refractivity (Wildman–Crippen MR) is 62.9 cm³/mol. The Hall–Kier alpha value is -2.10. The summed E-state index contributed by atoms with van der Waals surface area (Å²) in [7, 11) is 0. The van der Waals surface area contributed by atoms with Gasteiger partial charge in [-0.2, -0.15) is 0 Å². The monoisotopic (exact) mass is 231 g/mol. The van der Waals surface area contributed by atoms with Gasteiger partial charge in [-0.05, 0) is 24.3 Å². The van der Waals surface area contributed by atoms with E-state index in [1.54, 1.807) is 41.9 Å². The van der Waals surface area contributed by atoms with Crippen molar-refractivity contribution in [3.63, 3.8) is 0 Å². The number of para-hydroxylation sites is 2. The van der Waals surface area contributed by atoms with Gasteiger partial charge in [-0.15, -0.1) is 0 Å². The second kappa shape index (κ2) is 3.73. The van der Waals surface area contributed by atoms with Crippen LogP contribution in [0.3, 0.4) is 0 Å². The molecule has 0 aromatic heterocycles. The minimum atomic E-state index is -0.349. The van der Waals surface area contributed by atoms with Gasteiger partial charge >= 0.3 is 0 Å². The quantitative estimate of drug-likeness (QED) is 0.805. The van der Waals surface area contributed by atoms with Gasteiger partial charge < -0.3 is 10.2 Å². The lowest BCUT2D eigenvalue weighted by molar-refractivity contribution is 0.627. The van der Waals surface area contributed by atoms with Crippen molar-refractivity contribution in [2.75, 3.05) is 10.2 Å². The molecule has 2 aromatic rings. The van der Waals surface area contributed by atoms with E-state index in [4.69, 9.17) is 0 Å². The highest BCUT2D eigenvalue weighted by molar-refractivity contribution is 5.83. The second-order valence-electron chi connectivity index (χ2n) is 3.73. The lowest BCUT2D eigenvalue weighted by atomic mass is 10.2. The number of nitrogens with one attached hydrogen (secondary N) is 1. The van der Waals surface area contributed by atoms with Crippen molar-refractivity contribution in [3.05, 3.63) is 60.8 Å². The maximum Gasteiger partial charge on any atom is 0.148 e. The Labute approximate surface area is 97.5 Å². The molecule has 0 unspecified atom stereocenters. The molecule has 0 fully saturated rings.